The van der Waals surface area contributed by atoms with E-state index >= 15 is 0 Å². The first-order valence-corrected chi connectivity index (χ1v) is 8.77. The molecule has 1 aliphatic rings. The summed E-state index contributed by atoms with van der Waals surface area (Å²) in [5, 5.41) is 2.86. The van der Waals surface area contributed by atoms with Gasteiger partial charge in [0.15, 0.2) is 0 Å². The molecule has 1 amide bonds. The number of carbonyl (C=O) groups is 1. The third-order valence-electron chi connectivity index (χ3n) is 4.24. The summed E-state index contributed by atoms with van der Waals surface area (Å²) in [7, 11) is 3.09. The molecule has 27 heavy (non-hydrogen) atoms. The lowest BCUT2D eigenvalue weighted by molar-refractivity contribution is 0.0949. The first-order chi connectivity index (χ1) is 13.1. The van der Waals surface area contributed by atoms with E-state index in [9.17, 15) is 4.79 Å². The Kier molecular flexibility index (Phi) is 6.08. The fraction of sp³-hybridized carbons (Fsp3) is 0.421. The van der Waals surface area contributed by atoms with Gasteiger partial charge >= 0.3 is 0 Å². The largest absolute Gasteiger partial charge is 0.497 e. The van der Waals surface area contributed by atoms with E-state index in [2.05, 4.69) is 20.2 Å². The zero-order chi connectivity index (χ0) is 19.2. The summed E-state index contributed by atoms with van der Waals surface area (Å²) in [6.07, 6.45) is 0. The van der Waals surface area contributed by atoms with E-state index in [0.29, 0.717) is 36.1 Å². The van der Waals surface area contributed by atoms with Crippen molar-refractivity contribution < 1.29 is 19.0 Å². The second kappa shape index (κ2) is 8.68. The molecule has 1 saturated heterocycles. The summed E-state index contributed by atoms with van der Waals surface area (Å²) in [6, 6.07) is 6.99. The van der Waals surface area contributed by atoms with Gasteiger partial charge in [-0.2, -0.15) is 0 Å². The SMILES string of the molecule is COc1cc(OC)cc(C(=O)NCc2nc(C)cc(N3CCOCC3)n2)c1. The van der Waals surface area contributed by atoms with Crippen molar-refractivity contribution in [2.24, 2.45) is 0 Å². The quantitative estimate of drug-likeness (QED) is 0.824. The lowest BCUT2D eigenvalue weighted by atomic mass is 10.2. The molecule has 8 heteroatoms. The molecule has 0 unspecified atom stereocenters. The van der Waals surface area contributed by atoms with E-state index in [1.165, 1.54) is 0 Å². The number of amides is 1. The first kappa shape index (κ1) is 18.9. The molecule has 3 rings (SSSR count). The van der Waals surface area contributed by atoms with E-state index in [4.69, 9.17) is 14.2 Å². The van der Waals surface area contributed by atoms with E-state index in [1.54, 1.807) is 32.4 Å². The minimum Gasteiger partial charge on any atom is -0.497 e. The van der Waals surface area contributed by atoms with Crippen LogP contribution in [0, 0.1) is 6.92 Å². The number of hydrogen-bond donors (Lipinski definition) is 1. The molecule has 2 heterocycles. The molecule has 0 saturated carbocycles. The third-order valence-corrected chi connectivity index (χ3v) is 4.24. The van der Waals surface area contributed by atoms with Crippen molar-refractivity contribution in [2.75, 3.05) is 45.4 Å². The van der Waals surface area contributed by atoms with Crippen LogP contribution in [-0.2, 0) is 11.3 Å². The average molecular weight is 372 g/mol. The summed E-state index contributed by atoms with van der Waals surface area (Å²) in [6.45, 7) is 5.12. The number of hydrogen-bond acceptors (Lipinski definition) is 7. The molecule has 144 valence electrons. The highest BCUT2D eigenvalue weighted by Crippen LogP contribution is 2.22. The summed E-state index contributed by atoms with van der Waals surface area (Å²) in [5.41, 5.74) is 1.31. The van der Waals surface area contributed by atoms with Gasteiger partial charge < -0.3 is 24.4 Å². The Bertz CT molecular complexity index is 784. The van der Waals surface area contributed by atoms with Gasteiger partial charge in [0.05, 0.1) is 34.0 Å². The zero-order valence-electron chi connectivity index (χ0n) is 15.8. The van der Waals surface area contributed by atoms with Crippen LogP contribution in [0.4, 0.5) is 5.82 Å². The van der Waals surface area contributed by atoms with Crippen molar-refractivity contribution in [3.8, 4) is 11.5 Å². The van der Waals surface area contributed by atoms with Crippen LogP contribution in [0.3, 0.4) is 0 Å². The average Bonchev–Trinajstić information content (AvgIpc) is 2.71. The standard InChI is InChI=1S/C19H24N4O4/c1-13-8-18(23-4-6-27-7-5-23)22-17(21-13)12-20-19(24)14-9-15(25-2)11-16(10-14)26-3/h8-11H,4-7,12H2,1-3H3,(H,20,24). The number of carbonyl (C=O) groups excluding carboxylic acids is 1. The minimum absolute atomic E-state index is 0.234. The fourth-order valence-electron chi connectivity index (χ4n) is 2.85. The number of methoxy groups -OCH3 is 2. The Labute approximate surface area is 158 Å². The third kappa shape index (κ3) is 4.85. The van der Waals surface area contributed by atoms with Crippen LogP contribution in [0.2, 0.25) is 0 Å². The maximum absolute atomic E-state index is 12.5. The number of aryl methyl sites for hydroxylation is 1. The Morgan fingerprint density at radius 1 is 1.11 bits per heavy atom. The van der Waals surface area contributed by atoms with Gasteiger partial charge in [-0.25, -0.2) is 9.97 Å². The van der Waals surface area contributed by atoms with Crippen molar-refractivity contribution in [3.63, 3.8) is 0 Å². The van der Waals surface area contributed by atoms with Crippen LogP contribution in [0.1, 0.15) is 21.9 Å². The van der Waals surface area contributed by atoms with Gasteiger partial charge in [0.1, 0.15) is 23.1 Å². The van der Waals surface area contributed by atoms with Gasteiger partial charge in [-0.05, 0) is 19.1 Å². The molecule has 0 bridgehead atoms. The lowest BCUT2D eigenvalue weighted by Gasteiger charge is -2.28. The van der Waals surface area contributed by atoms with E-state index in [1.807, 2.05) is 13.0 Å². The number of nitrogens with zero attached hydrogens (tertiary/aromatic N) is 3. The number of aromatic nitrogens is 2. The number of nitrogens with one attached hydrogen (secondary N) is 1. The second-order valence-corrected chi connectivity index (χ2v) is 6.17. The van der Waals surface area contributed by atoms with Crippen LogP contribution in [0.25, 0.3) is 0 Å². The van der Waals surface area contributed by atoms with Crippen LogP contribution in [-0.4, -0.2) is 56.4 Å². The van der Waals surface area contributed by atoms with Gasteiger partial charge in [-0.3, -0.25) is 4.79 Å². The molecular formula is C19H24N4O4. The van der Waals surface area contributed by atoms with Crippen LogP contribution >= 0.6 is 0 Å². The summed E-state index contributed by atoms with van der Waals surface area (Å²) in [4.78, 5) is 23.7. The van der Waals surface area contributed by atoms with Gasteiger partial charge in [0.25, 0.3) is 5.91 Å². The van der Waals surface area contributed by atoms with Gasteiger partial charge in [0.2, 0.25) is 0 Å². The molecule has 0 spiro atoms. The maximum Gasteiger partial charge on any atom is 0.251 e. The molecule has 0 atom stereocenters. The first-order valence-electron chi connectivity index (χ1n) is 8.77. The molecule has 1 aliphatic heterocycles. The Morgan fingerprint density at radius 3 is 2.41 bits per heavy atom. The molecule has 2 aromatic rings. The summed E-state index contributed by atoms with van der Waals surface area (Å²) in [5.74, 6) is 2.30. The number of anilines is 1. The van der Waals surface area contributed by atoms with Crippen molar-refractivity contribution >= 4 is 11.7 Å². The summed E-state index contributed by atoms with van der Waals surface area (Å²) >= 11 is 0. The number of rotatable bonds is 6. The van der Waals surface area contributed by atoms with Crippen molar-refractivity contribution in [1.82, 2.24) is 15.3 Å². The zero-order valence-corrected chi connectivity index (χ0v) is 15.8. The molecule has 0 aliphatic carbocycles. The monoisotopic (exact) mass is 372 g/mol. The number of ether oxygens (including phenoxy) is 3. The van der Waals surface area contributed by atoms with Gasteiger partial charge in [-0.15, -0.1) is 0 Å². The molecule has 1 N–H and O–H groups in total. The van der Waals surface area contributed by atoms with E-state index in [-0.39, 0.29) is 12.5 Å². The fourth-order valence-corrected chi connectivity index (χ4v) is 2.85. The predicted octanol–water partition coefficient (Wildman–Crippen LogP) is 1.57. The lowest BCUT2D eigenvalue weighted by Crippen LogP contribution is -2.37. The van der Waals surface area contributed by atoms with Crippen molar-refractivity contribution in [3.05, 3.63) is 41.3 Å². The Balaban J connectivity index is 1.71. The summed E-state index contributed by atoms with van der Waals surface area (Å²) < 4.78 is 15.8. The molecule has 8 nitrogen and oxygen atoms in total. The predicted molar refractivity (Wildman–Crippen MR) is 101 cm³/mol. The highest BCUT2D eigenvalue weighted by atomic mass is 16.5. The van der Waals surface area contributed by atoms with Crippen LogP contribution in [0.15, 0.2) is 24.3 Å². The number of morpholine rings is 1. The van der Waals surface area contributed by atoms with Gasteiger partial charge in [-0.1, -0.05) is 0 Å². The van der Waals surface area contributed by atoms with Crippen LogP contribution < -0.4 is 19.7 Å². The normalized spacial score (nSPS) is 14.0. The van der Waals surface area contributed by atoms with Crippen LogP contribution in [0.5, 0.6) is 11.5 Å². The van der Waals surface area contributed by atoms with Gasteiger partial charge in [0, 0.05) is 36.5 Å². The highest BCUT2D eigenvalue weighted by molar-refractivity contribution is 5.95. The van der Waals surface area contributed by atoms with E-state index in [0.717, 1.165) is 24.6 Å². The van der Waals surface area contributed by atoms with Crippen molar-refractivity contribution in [1.29, 1.82) is 0 Å². The number of benzene rings is 1. The highest BCUT2D eigenvalue weighted by Gasteiger charge is 2.15. The maximum atomic E-state index is 12.5. The van der Waals surface area contributed by atoms with Crippen molar-refractivity contribution in [2.45, 2.75) is 13.5 Å². The molecule has 1 aromatic heterocycles. The molecule has 1 fully saturated rings. The smallest absolute Gasteiger partial charge is 0.251 e. The molecular weight excluding hydrogens is 348 g/mol. The molecule has 1 aromatic carbocycles. The second-order valence-electron chi connectivity index (χ2n) is 6.17. The Hall–Kier alpha value is -2.87. The minimum atomic E-state index is -0.245. The van der Waals surface area contributed by atoms with E-state index < -0.39 is 0 Å². The molecule has 0 radical (unpaired) electrons. The Morgan fingerprint density at radius 2 is 1.78 bits per heavy atom. The topological polar surface area (TPSA) is 85.8 Å².